The number of guanidine groups is 1. The topological polar surface area (TPSA) is 81.2 Å². The Hall–Kier alpha value is -1.55. The Labute approximate surface area is 191 Å². The summed E-state index contributed by atoms with van der Waals surface area (Å²) in [4.78, 5) is 16.1. The van der Waals surface area contributed by atoms with Gasteiger partial charge < -0.3 is 24.8 Å². The average molecular weight is 519 g/mol. The van der Waals surface area contributed by atoms with Gasteiger partial charge in [-0.3, -0.25) is 4.99 Å². The highest BCUT2D eigenvalue weighted by atomic mass is 127. The average Bonchev–Trinajstić information content (AvgIpc) is 3.20. The van der Waals surface area contributed by atoms with Crippen molar-refractivity contribution in [1.82, 2.24) is 10.6 Å². The van der Waals surface area contributed by atoms with Crippen LogP contribution < -0.4 is 15.4 Å². The second kappa shape index (κ2) is 12.9. The third-order valence-corrected chi connectivity index (χ3v) is 5.49. The Balaban J connectivity index is 0.00000420. The summed E-state index contributed by atoms with van der Waals surface area (Å²) in [6, 6.07) is 5.44. The molecule has 1 aromatic rings. The summed E-state index contributed by atoms with van der Waals surface area (Å²) >= 11 is 0. The van der Waals surface area contributed by atoms with Crippen LogP contribution in [0.15, 0.2) is 23.2 Å². The van der Waals surface area contributed by atoms with Crippen LogP contribution in [0.3, 0.4) is 0 Å². The van der Waals surface area contributed by atoms with Crippen LogP contribution in [0.4, 0.5) is 0 Å². The molecule has 8 heteroatoms. The van der Waals surface area contributed by atoms with Crippen LogP contribution >= 0.6 is 24.0 Å². The minimum atomic E-state index is -0.410. The summed E-state index contributed by atoms with van der Waals surface area (Å²) in [5.41, 5.74) is 1.69. The van der Waals surface area contributed by atoms with Crippen molar-refractivity contribution in [3.63, 3.8) is 0 Å². The highest BCUT2D eigenvalue weighted by Crippen LogP contribution is 2.40. The van der Waals surface area contributed by atoms with Crippen LogP contribution in [0.1, 0.15) is 48.0 Å². The Morgan fingerprint density at radius 2 is 1.90 bits per heavy atom. The number of halogens is 1. The summed E-state index contributed by atoms with van der Waals surface area (Å²) in [7, 11) is 6.43. The highest BCUT2D eigenvalue weighted by molar-refractivity contribution is 14.0. The third-order valence-electron chi connectivity index (χ3n) is 5.49. The smallest absolute Gasteiger partial charge is 0.341 e. The number of carbonyl (C=O) groups excluding carboxylic acids is 1. The van der Waals surface area contributed by atoms with Crippen LogP contribution in [0.25, 0.3) is 0 Å². The molecule has 1 fully saturated rings. The third kappa shape index (κ3) is 7.33. The van der Waals surface area contributed by atoms with Gasteiger partial charge in [0.05, 0.1) is 14.2 Å². The molecule has 7 nitrogen and oxygen atoms in total. The normalized spacial score (nSPS) is 15.4. The maximum absolute atomic E-state index is 11.8. The zero-order valence-electron chi connectivity index (χ0n) is 17.9. The first-order chi connectivity index (χ1) is 13.6. The van der Waals surface area contributed by atoms with Crippen molar-refractivity contribution in [3.05, 3.63) is 29.3 Å². The zero-order valence-corrected chi connectivity index (χ0v) is 20.2. The van der Waals surface area contributed by atoms with E-state index in [4.69, 9.17) is 14.2 Å². The lowest BCUT2D eigenvalue weighted by Crippen LogP contribution is -2.43. The van der Waals surface area contributed by atoms with Crippen molar-refractivity contribution in [2.24, 2.45) is 10.4 Å². The number of rotatable bonds is 9. The SMILES string of the molecule is CN=C(NCc1ccc(C(=O)OC)c(OC)c1)NCC1(CCOC)CCCC1.I. The molecule has 0 spiro atoms. The molecular weight excluding hydrogens is 485 g/mol. The highest BCUT2D eigenvalue weighted by Gasteiger charge is 2.33. The first kappa shape index (κ1) is 25.5. The monoisotopic (exact) mass is 519 g/mol. The molecule has 0 unspecified atom stereocenters. The van der Waals surface area contributed by atoms with Gasteiger partial charge in [-0.05, 0) is 42.4 Å². The van der Waals surface area contributed by atoms with E-state index in [0.29, 0.717) is 23.3 Å². The lowest BCUT2D eigenvalue weighted by Gasteiger charge is -2.30. The van der Waals surface area contributed by atoms with E-state index in [2.05, 4.69) is 15.6 Å². The quantitative estimate of drug-likeness (QED) is 0.226. The van der Waals surface area contributed by atoms with E-state index >= 15 is 0 Å². The van der Waals surface area contributed by atoms with Gasteiger partial charge in [-0.25, -0.2) is 4.79 Å². The molecule has 1 aliphatic carbocycles. The molecule has 1 aliphatic rings. The summed E-state index contributed by atoms with van der Waals surface area (Å²) in [5, 5.41) is 6.81. The summed E-state index contributed by atoms with van der Waals surface area (Å²) in [6.45, 7) is 2.25. The summed E-state index contributed by atoms with van der Waals surface area (Å²) in [6.07, 6.45) is 6.09. The van der Waals surface area contributed by atoms with Gasteiger partial charge in [-0.1, -0.05) is 18.9 Å². The van der Waals surface area contributed by atoms with Gasteiger partial charge in [0.2, 0.25) is 0 Å². The van der Waals surface area contributed by atoms with Gasteiger partial charge >= 0.3 is 5.97 Å². The van der Waals surface area contributed by atoms with Gasteiger partial charge in [-0.2, -0.15) is 0 Å². The van der Waals surface area contributed by atoms with Gasteiger partial charge in [0.15, 0.2) is 5.96 Å². The van der Waals surface area contributed by atoms with Crippen LogP contribution in [0.2, 0.25) is 0 Å². The molecule has 0 atom stereocenters. The van der Waals surface area contributed by atoms with Crippen molar-refractivity contribution in [2.45, 2.75) is 38.6 Å². The number of hydrogen-bond acceptors (Lipinski definition) is 5. The van der Waals surface area contributed by atoms with E-state index in [-0.39, 0.29) is 24.0 Å². The maximum atomic E-state index is 11.8. The Morgan fingerprint density at radius 3 is 2.48 bits per heavy atom. The van der Waals surface area contributed by atoms with E-state index in [1.807, 2.05) is 12.1 Å². The van der Waals surface area contributed by atoms with E-state index in [9.17, 15) is 4.79 Å². The number of esters is 1. The molecule has 29 heavy (non-hydrogen) atoms. The van der Waals surface area contributed by atoms with Crippen molar-refractivity contribution >= 4 is 35.9 Å². The fourth-order valence-electron chi connectivity index (χ4n) is 3.76. The minimum Gasteiger partial charge on any atom is -0.496 e. The molecule has 0 saturated heterocycles. The Kier molecular flexibility index (Phi) is 11.3. The number of benzene rings is 1. The number of aliphatic imine (C=N–C) groups is 1. The molecule has 0 radical (unpaired) electrons. The van der Waals surface area contributed by atoms with Crippen LogP contribution in [-0.4, -0.2) is 53.5 Å². The molecule has 1 aromatic carbocycles. The van der Waals surface area contributed by atoms with Gasteiger partial charge in [0.1, 0.15) is 11.3 Å². The zero-order chi connectivity index (χ0) is 20.4. The largest absolute Gasteiger partial charge is 0.496 e. The summed E-state index contributed by atoms with van der Waals surface area (Å²) in [5.74, 6) is 0.852. The fourth-order valence-corrected chi connectivity index (χ4v) is 3.76. The minimum absolute atomic E-state index is 0. The Bertz CT molecular complexity index is 676. The van der Waals surface area contributed by atoms with Gasteiger partial charge in [0, 0.05) is 33.9 Å². The van der Waals surface area contributed by atoms with Crippen molar-refractivity contribution in [3.8, 4) is 5.75 Å². The molecule has 0 aliphatic heterocycles. The number of nitrogens with zero attached hydrogens (tertiary/aromatic N) is 1. The predicted molar refractivity (Wildman–Crippen MR) is 125 cm³/mol. The number of carbonyl (C=O) groups is 1. The van der Waals surface area contributed by atoms with E-state index < -0.39 is 5.97 Å². The van der Waals surface area contributed by atoms with Crippen molar-refractivity contribution < 1.29 is 19.0 Å². The molecule has 164 valence electrons. The predicted octanol–water partition coefficient (Wildman–Crippen LogP) is 3.36. The number of methoxy groups -OCH3 is 3. The second-order valence-corrected chi connectivity index (χ2v) is 7.26. The molecular formula is C21H34IN3O4. The Morgan fingerprint density at radius 1 is 1.17 bits per heavy atom. The van der Waals surface area contributed by atoms with E-state index in [1.165, 1.54) is 32.8 Å². The first-order valence-electron chi connectivity index (χ1n) is 9.76. The molecule has 2 rings (SSSR count). The van der Waals surface area contributed by atoms with Crippen LogP contribution in [0, 0.1) is 5.41 Å². The molecule has 0 amide bonds. The second-order valence-electron chi connectivity index (χ2n) is 7.26. The molecule has 0 heterocycles. The van der Waals surface area contributed by atoms with Crippen LogP contribution in [-0.2, 0) is 16.0 Å². The standard InChI is InChI=1S/C21H33N3O4.HI/c1-22-20(24-15-21(11-12-26-2)9-5-6-10-21)23-14-16-7-8-17(19(25)28-4)18(13-16)27-3;/h7-8,13H,5-6,9-12,14-15H2,1-4H3,(H2,22,23,24);1H. The summed E-state index contributed by atoms with van der Waals surface area (Å²) < 4.78 is 15.4. The van der Waals surface area contributed by atoms with Crippen molar-refractivity contribution in [2.75, 3.05) is 41.5 Å². The van der Waals surface area contributed by atoms with E-state index in [1.54, 1.807) is 27.3 Å². The van der Waals surface area contributed by atoms with Gasteiger partial charge in [-0.15, -0.1) is 24.0 Å². The number of nitrogens with one attached hydrogen (secondary N) is 2. The molecule has 1 saturated carbocycles. The lowest BCUT2D eigenvalue weighted by atomic mass is 9.83. The molecule has 0 aromatic heterocycles. The van der Waals surface area contributed by atoms with E-state index in [0.717, 1.165) is 31.1 Å². The molecule has 0 bridgehead atoms. The number of hydrogen-bond donors (Lipinski definition) is 2. The van der Waals surface area contributed by atoms with Crippen molar-refractivity contribution in [1.29, 1.82) is 0 Å². The fraction of sp³-hybridized carbons (Fsp3) is 0.619. The number of ether oxygens (including phenoxy) is 3. The molecule has 2 N–H and O–H groups in total. The lowest BCUT2D eigenvalue weighted by molar-refractivity contribution is 0.0597. The maximum Gasteiger partial charge on any atom is 0.341 e. The van der Waals surface area contributed by atoms with Gasteiger partial charge in [0.25, 0.3) is 0 Å². The van der Waals surface area contributed by atoms with Crippen LogP contribution in [0.5, 0.6) is 5.75 Å². The first-order valence-corrected chi connectivity index (χ1v) is 9.76.